The van der Waals surface area contributed by atoms with Crippen LogP contribution in [0.25, 0.3) is 0 Å². The fourth-order valence-corrected chi connectivity index (χ4v) is 3.08. The molecule has 1 aliphatic carbocycles. The largest absolute Gasteiger partial charge is 0.302 e. The Morgan fingerprint density at radius 3 is 2.43 bits per heavy atom. The van der Waals surface area contributed by atoms with Crippen molar-refractivity contribution in [3.8, 4) is 0 Å². The normalized spacial score (nSPS) is 17.9. The van der Waals surface area contributed by atoms with Crippen LogP contribution in [0.2, 0.25) is 0 Å². The molecule has 0 spiro atoms. The van der Waals surface area contributed by atoms with Crippen molar-refractivity contribution in [3.05, 3.63) is 22.8 Å². The Bertz CT molecular complexity index is 515. The average molecular weight is 289 g/mol. The van der Waals surface area contributed by atoms with Gasteiger partial charge < -0.3 is 4.90 Å². The molecule has 0 N–H and O–H groups in total. The number of rotatable bonds is 4. The Labute approximate surface area is 130 Å². The topological polar surface area (TPSA) is 29.0 Å². The van der Waals surface area contributed by atoms with Crippen LogP contribution < -0.4 is 0 Å². The van der Waals surface area contributed by atoms with E-state index in [2.05, 4.69) is 53.6 Å². The summed E-state index contributed by atoms with van der Waals surface area (Å²) in [5.74, 6) is 0.981. The van der Waals surface area contributed by atoms with Gasteiger partial charge in [0.2, 0.25) is 0 Å². The van der Waals surface area contributed by atoms with Crippen LogP contribution in [0.4, 0.5) is 0 Å². The Hall–Kier alpha value is -0.960. The van der Waals surface area contributed by atoms with Gasteiger partial charge in [-0.05, 0) is 50.8 Å². The van der Waals surface area contributed by atoms with E-state index in [1.54, 1.807) is 0 Å². The summed E-state index contributed by atoms with van der Waals surface area (Å²) in [7, 11) is 4.16. The lowest BCUT2D eigenvalue weighted by Crippen LogP contribution is -2.31. The molecule has 1 aromatic rings. The second-order valence-electron chi connectivity index (χ2n) is 8.23. The molecule has 1 aromatic heterocycles. The minimum atomic E-state index is 0.126. The number of aromatic nitrogens is 2. The standard InChI is InChI=1S/C18H31N3/c1-8-18(4,5)16-13-11-17(2,3)10-9-14(13)19-15(20-16)12-21(6)7/h8-12H2,1-7H3. The molecule has 0 radical (unpaired) electrons. The maximum absolute atomic E-state index is 4.98. The van der Waals surface area contributed by atoms with E-state index in [-0.39, 0.29) is 5.41 Å². The van der Waals surface area contributed by atoms with Gasteiger partial charge in [0.15, 0.2) is 0 Å². The van der Waals surface area contributed by atoms with Gasteiger partial charge >= 0.3 is 0 Å². The van der Waals surface area contributed by atoms with Gasteiger partial charge in [0.1, 0.15) is 5.82 Å². The van der Waals surface area contributed by atoms with Crippen molar-refractivity contribution in [2.45, 2.75) is 72.3 Å². The van der Waals surface area contributed by atoms with Crippen LogP contribution in [0.5, 0.6) is 0 Å². The summed E-state index contributed by atoms with van der Waals surface area (Å²) in [6, 6.07) is 0. The summed E-state index contributed by atoms with van der Waals surface area (Å²) in [6.45, 7) is 12.4. The van der Waals surface area contributed by atoms with Crippen molar-refractivity contribution in [1.29, 1.82) is 0 Å². The predicted molar refractivity (Wildman–Crippen MR) is 88.5 cm³/mol. The Kier molecular flexibility index (Phi) is 4.44. The van der Waals surface area contributed by atoms with Crippen molar-refractivity contribution in [3.63, 3.8) is 0 Å². The molecule has 0 aromatic carbocycles. The molecule has 21 heavy (non-hydrogen) atoms. The predicted octanol–water partition coefficient (Wildman–Crippen LogP) is 3.74. The molecule has 3 heteroatoms. The third kappa shape index (κ3) is 3.63. The molecule has 3 nitrogen and oxygen atoms in total. The number of hydrogen-bond donors (Lipinski definition) is 0. The maximum Gasteiger partial charge on any atom is 0.142 e. The quantitative estimate of drug-likeness (QED) is 0.845. The number of nitrogens with zero attached hydrogens (tertiary/aromatic N) is 3. The highest BCUT2D eigenvalue weighted by atomic mass is 15.1. The third-order valence-electron chi connectivity index (χ3n) is 4.82. The first-order valence-electron chi connectivity index (χ1n) is 8.18. The highest BCUT2D eigenvalue weighted by Crippen LogP contribution is 2.39. The van der Waals surface area contributed by atoms with E-state index in [0.29, 0.717) is 5.41 Å². The van der Waals surface area contributed by atoms with Crippen LogP contribution >= 0.6 is 0 Å². The zero-order valence-corrected chi connectivity index (χ0v) is 14.9. The lowest BCUT2D eigenvalue weighted by molar-refractivity contribution is 0.303. The smallest absolute Gasteiger partial charge is 0.142 e. The van der Waals surface area contributed by atoms with Crippen LogP contribution in [0.3, 0.4) is 0 Å². The summed E-state index contributed by atoms with van der Waals surface area (Å²) in [6.07, 6.45) is 4.55. The van der Waals surface area contributed by atoms with Gasteiger partial charge in [-0.1, -0.05) is 34.6 Å². The van der Waals surface area contributed by atoms with E-state index < -0.39 is 0 Å². The number of hydrogen-bond acceptors (Lipinski definition) is 3. The summed E-state index contributed by atoms with van der Waals surface area (Å²) in [4.78, 5) is 12.0. The Balaban J connectivity index is 2.54. The van der Waals surface area contributed by atoms with Gasteiger partial charge in [0.25, 0.3) is 0 Å². The molecule has 0 fully saturated rings. The fourth-order valence-electron chi connectivity index (χ4n) is 3.08. The van der Waals surface area contributed by atoms with Crippen LogP contribution in [0.15, 0.2) is 0 Å². The van der Waals surface area contributed by atoms with E-state index in [4.69, 9.17) is 9.97 Å². The van der Waals surface area contributed by atoms with E-state index >= 15 is 0 Å². The number of fused-ring (bicyclic) bond motifs is 1. The minimum absolute atomic E-state index is 0.126. The minimum Gasteiger partial charge on any atom is -0.302 e. The molecule has 0 atom stereocenters. The van der Waals surface area contributed by atoms with Gasteiger partial charge in [-0.25, -0.2) is 9.97 Å². The number of aryl methyl sites for hydroxylation is 1. The highest BCUT2D eigenvalue weighted by molar-refractivity contribution is 5.34. The second kappa shape index (κ2) is 5.68. The van der Waals surface area contributed by atoms with Gasteiger partial charge in [0, 0.05) is 11.1 Å². The van der Waals surface area contributed by atoms with Crippen molar-refractivity contribution in [2.24, 2.45) is 5.41 Å². The molecule has 0 amide bonds. The van der Waals surface area contributed by atoms with E-state index in [1.165, 1.54) is 23.4 Å². The molecule has 0 saturated heterocycles. The Morgan fingerprint density at radius 2 is 1.86 bits per heavy atom. The molecular weight excluding hydrogens is 258 g/mol. The lowest BCUT2D eigenvalue weighted by atomic mass is 9.72. The monoisotopic (exact) mass is 289 g/mol. The molecule has 0 saturated carbocycles. The molecule has 2 rings (SSSR count). The first kappa shape index (κ1) is 16.4. The summed E-state index contributed by atoms with van der Waals surface area (Å²) in [5.41, 5.74) is 4.53. The van der Waals surface area contributed by atoms with E-state index in [9.17, 15) is 0 Å². The first-order valence-corrected chi connectivity index (χ1v) is 8.18. The van der Waals surface area contributed by atoms with Crippen molar-refractivity contribution in [1.82, 2.24) is 14.9 Å². The third-order valence-corrected chi connectivity index (χ3v) is 4.82. The zero-order chi connectivity index (χ0) is 15.8. The van der Waals surface area contributed by atoms with E-state index in [0.717, 1.165) is 31.6 Å². The maximum atomic E-state index is 4.98. The molecule has 0 bridgehead atoms. The first-order chi connectivity index (χ1) is 9.64. The van der Waals surface area contributed by atoms with Crippen molar-refractivity contribution >= 4 is 0 Å². The SMILES string of the molecule is CCC(C)(C)c1nc(CN(C)C)nc2c1CC(C)(C)CC2. The zero-order valence-electron chi connectivity index (χ0n) is 14.9. The fraction of sp³-hybridized carbons (Fsp3) is 0.778. The van der Waals surface area contributed by atoms with Crippen LogP contribution in [0, 0.1) is 5.41 Å². The summed E-state index contributed by atoms with van der Waals surface area (Å²) < 4.78 is 0. The van der Waals surface area contributed by atoms with Crippen molar-refractivity contribution in [2.75, 3.05) is 14.1 Å². The molecular formula is C18H31N3. The van der Waals surface area contributed by atoms with Crippen molar-refractivity contribution < 1.29 is 0 Å². The summed E-state index contributed by atoms with van der Waals surface area (Å²) >= 11 is 0. The van der Waals surface area contributed by atoms with Gasteiger partial charge in [-0.15, -0.1) is 0 Å². The van der Waals surface area contributed by atoms with Gasteiger partial charge in [-0.3, -0.25) is 0 Å². The molecule has 1 aliphatic rings. The van der Waals surface area contributed by atoms with Crippen LogP contribution in [-0.4, -0.2) is 29.0 Å². The second-order valence-corrected chi connectivity index (χ2v) is 8.23. The molecule has 1 heterocycles. The summed E-state index contributed by atoms with van der Waals surface area (Å²) in [5, 5.41) is 0. The molecule has 118 valence electrons. The highest BCUT2D eigenvalue weighted by Gasteiger charge is 2.33. The molecule has 0 unspecified atom stereocenters. The lowest BCUT2D eigenvalue weighted by Gasteiger charge is -2.35. The van der Waals surface area contributed by atoms with Crippen LogP contribution in [-0.2, 0) is 24.8 Å². The van der Waals surface area contributed by atoms with Gasteiger partial charge in [-0.2, -0.15) is 0 Å². The average Bonchev–Trinajstić information content (AvgIpc) is 2.37. The molecule has 0 aliphatic heterocycles. The van der Waals surface area contributed by atoms with Crippen LogP contribution in [0.1, 0.15) is 70.2 Å². The Morgan fingerprint density at radius 1 is 1.19 bits per heavy atom. The van der Waals surface area contributed by atoms with Gasteiger partial charge in [0.05, 0.1) is 12.2 Å². The van der Waals surface area contributed by atoms with E-state index in [1.807, 2.05) is 0 Å².